The third-order valence-corrected chi connectivity index (χ3v) is 3.42. The fraction of sp³-hybridized carbons (Fsp3) is 0.200. The van der Waals surface area contributed by atoms with E-state index in [-0.39, 0.29) is 5.91 Å². The number of rotatable bonds is 3. The van der Waals surface area contributed by atoms with Crippen molar-refractivity contribution in [3.8, 4) is 0 Å². The molecule has 0 fully saturated rings. The van der Waals surface area contributed by atoms with Gasteiger partial charge < -0.3 is 5.32 Å². The van der Waals surface area contributed by atoms with Gasteiger partial charge in [0.2, 0.25) is 5.91 Å². The Bertz CT molecular complexity index is 448. The van der Waals surface area contributed by atoms with Crippen LogP contribution in [0.1, 0.15) is 11.3 Å². The molecule has 2 heterocycles. The Morgan fingerprint density at radius 2 is 2.40 bits per heavy atom. The number of anilines is 1. The predicted molar refractivity (Wildman–Crippen MR) is 63.5 cm³/mol. The van der Waals surface area contributed by atoms with Crippen molar-refractivity contribution in [2.45, 2.75) is 13.3 Å². The number of hydrogen-bond acceptors (Lipinski definition) is 4. The zero-order chi connectivity index (χ0) is 10.7. The highest BCUT2D eigenvalue weighted by molar-refractivity contribution is 7.13. The zero-order valence-electron chi connectivity index (χ0n) is 8.19. The highest BCUT2D eigenvalue weighted by atomic mass is 32.1. The Kier molecular flexibility index (Phi) is 3.13. The molecular formula is C10H10N2OS2. The molecule has 0 bridgehead atoms. The predicted octanol–water partition coefficient (Wildman–Crippen LogP) is 2.69. The number of nitrogens with one attached hydrogen (secondary N) is 1. The van der Waals surface area contributed by atoms with Gasteiger partial charge in [-0.25, -0.2) is 4.98 Å². The quantitative estimate of drug-likeness (QED) is 0.893. The van der Waals surface area contributed by atoms with E-state index in [1.165, 1.54) is 11.3 Å². The van der Waals surface area contributed by atoms with Crippen LogP contribution in [0.2, 0.25) is 0 Å². The first kappa shape index (κ1) is 10.3. The van der Waals surface area contributed by atoms with Gasteiger partial charge in [0.15, 0.2) is 5.13 Å². The molecular weight excluding hydrogens is 228 g/mol. The number of carbonyl (C=O) groups is 1. The van der Waals surface area contributed by atoms with Crippen LogP contribution in [0.5, 0.6) is 0 Å². The van der Waals surface area contributed by atoms with Gasteiger partial charge in [-0.3, -0.25) is 4.79 Å². The van der Waals surface area contributed by atoms with Crippen molar-refractivity contribution in [3.05, 3.63) is 33.5 Å². The average Bonchev–Trinajstić information content (AvgIpc) is 2.77. The molecule has 1 amide bonds. The van der Waals surface area contributed by atoms with Crippen molar-refractivity contribution < 1.29 is 4.79 Å². The Balaban J connectivity index is 1.93. The smallest absolute Gasteiger partial charge is 0.230 e. The van der Waals surface area contributed by atoms with E-state index in [0.29, 0.717) is 11.6 Å². The van der Waals surface area contributed by atoms with Crippen LogP contribution in [0, 0.1) is 6.92 Å². The molecule has 0 saturated carbocycles. The molecule has 0 aliphatic rings. The first-order chi connectivity index (χ1) is 7.24. The van der Waals surface area contributed by atoms with Crippen LogP contribution in [0.3, 0.4) is 0 Å². The number of carbonyl (C=O) groups excluding carboxylic acids is 1. The fourth-order valence-electron chi connectivity index (χ4n) is 1.15. The molecule has 0 aliphatic heterocycles. The van der Waals surface area contributed by atoms with Crippen molar-refractivity contribution in [1.29, 1.82) is 0 Å². The van der Waals surface area contributed by atoms with Crippen LogP contribution in [-0.4, -0.2) is 10.9 Å². The van der Waals surface area contributed by atoms with Crippen molar-refractivity contribution in [2.24, 2.45) is 0 Å². The fourth-order valence-corrected chi connectivity index (χ4v) is 2.53. The van der Waals surface area contributed by atoms with Crippen molar-refractivity contribution in [3.63, 3.8) is 0 Å². The Morgan fingerprint density at radius 3 is 3.00 bits per heavy atom. The summed E-state index contributed by atoms with van der Waals surface area (Å²) in [6.45, 7) is 1.91. The third kappa shape index (κ3) is 2.87. The molecule has 0 saturated heterocycles. The lowest BCUT2D eigenvalue weighted by Crippen LogP contribution is -2.13. The summed E-state index contributed by atoms with van der Waals surface area (Å²) in [5.74, 6) is -0.0113. The summed E-state index contributed by atoms with van der Waals surface area (Å²) < 4.78 is 0. The molecule has 3 nitrogen and oxygen atoms in total. The second kappa shape index (κ2) is 4.55. The van der Waals surface area contributed by atoms with Gasteiger partial charge >= 0.3 is 0 Å². The van der Waals surface area contributed by atoms with Gasteiger partial charge in [-0.05, 0) is 29.3 Å². The number of aryl methyl sites for hydroxylation is 1. The van der Waals surface area contributed by atoms with E-state index in [9.17, 15) is 4.79 Å². The maximum atomic E-state index is 11.5. The van der Waals surface area contributed by atoms with Crippen LogP contribution >= 0.6 is 22.7 Å². The summed E-state index contributed by atoms with van der Waals surface area (Å²) in [5.41, 5.74) is 1.98. The van der Waals surface area contributed by atoms with E-state index in [1.54, 1.807) is 11.3 Å². The SMILES string of the molecule is Cc1csc(NC(=O)Cc2ccsc2)n1. The molecule has 0 aliphatic carbocycles. The number of thiazole rings is 1. The van der Waals surface area contributed by atoms with Gasteiger partial charge in [0.05, 0.1) is 12.1 Å². The second-order valence-corrected chi connectivity index (χ2v) is 4.79. The number of nitrogens with zero attached hydrogens (tertiary/aromatic N) is 1. The lowest BCUT2D eigenvalue weighted by Gasteiger charge is -1.98. The molecule has 15 heavy (non-hydrogen) atoms. The molecule has 1 N–H and O–H groups in total. The Hall–Kier alpha value is -1.20. The summed E-state index contributed by atoms with van der Waals surface area (Å²) >= 11 is 3.05. The molecule has 5 heteroatoms. The van der Waals surface area contributed by atoms with E-state index < -0.39 is 0 Å². The molecule has 2 rings (SSSR count). The molecule has 2 aromatic heterocycles. The molecule has 0 atom stereocenters. The second-order valence-electron chi connectivity index (χ2n) is 3.15. The molecule has 0 unspecified atom stereocenters. The summed E-state index contributed by atoms with van der Waals surface area (Å²) in [6.07, 6.45) is 0.419. The highest BCUT2D eigenvalue weighted by Crippen LogP contribution is 2.15. The van der Waals surface area contributed by atoms with Crippen molar-refractivity contribution in [2.75, 3.05) is 5.32 Å². The minimum atomic E-state index is -0.0113. The van der Waals surface area contributed by atoms with E-state index in [1.807, 2.05) is 29.1 Å². The molecule has 78 valence electrons. The lowest BCUT2D eigenvalue weighted by atomic mass is 10.2. The number of amides is 1. The maximum absolute atomic E-state index is 11.5. The average molecular weight is 238 g/mol. The molecule has 0 aromatic carbocycles. The molecule has 0 spiro atoms. The zero-order valence-corrected chi connectivity index (χ0v) is 9.82. The molecule has 2 aromatic rings. The van der Waals surface area contributed by atoms with Gasteiger partial charge in [0, 0.05) is 5.38 Å². The normalized spacial score (nSPS) is 10.2. The minimum Gasteiger partial charge on any atom is -0.302 e. The monoisotopic (exact) mass is 238 g/mol. The van der Waals surface area contributed by atoms with E-state index in [4.69, 9.17) is 0 Å². The maximum Gasteiger partial charge on any atom is 0.230 e. The van der Waals surface area contributed by atoms with Crippen LogP contribution in [0.25, 0.3) is 0 Å². The van der Waals surface area contributed by atoms with Gasteiger partial charge in [0.25, 0.3) is 0 Å². The lowest BCUT2D eigenvalue weighted by molar-refractivity contribution is -0.115. The van der Waals surface area contributed by atoms with Gasteiger partial charge in [-0.1, -0.05) is 0 Å². The van der Waals surface area contributed by atoms with Crippen molar-refractivity contribution in [1.82, 2.24) is 4.98 Å². The Morgan fingerprint density at radius 1 is 1.53 bits per heavy atom. The van der Waals surface area contributed by atoms with E-state index in [0.717, 1.165) is 11.3 Å². The van der Waals surface area contributed by atoms with Gasteiger partial charge in [-0.15, -0.1) is 11.3 Å². The highest BCUT2D eigenvalue weighted by Gasteiger charge is 2.06. The molecule has 0 radical (unpaired) electrons. The Labute approximate surface area is 95.8 Å². The summed E-state index contributed by atoms with van der Waals surface area (Å²) in [6, 6.07) is 1.96. The topological polar surface area (TPSA) is 42.0 Å². The first-order valence-corrected chi connectivity index (χ1v) is 6.29. The van der Waals surface area contributed by atoms with E-state index in [2.05, 4.69) is 10.3 Å². The van der Waals surface area contributed by atoms with Gasteiger partial charge in [0.1, 0.15) is 0 Å². The van der Waals surface area contributed by atoms with Crippen molar-refractivity contribution >= 4 is 33.7 Å². The largest absolute Gasteiger partial charge is 0.302 e. The van der Waals surface area contributed by atoms with Crippen LogP contribution in [0.4, 0.5) is 5.13 Å². The summed E-state index contributed by atoms with van der Waals surface area (Å²) in [5, 5.41) is 9.31. The van der Waals surface area contributed by atoms with Gasteiger partial charge in [-0.2, -0.15) is 11.3 Å². The summed E-state index contributed by atoms with van der Waals surface area (Å²) in [4.78, 5) is 15.7. The first-order valence-electron chi connectivity index (χ1n) is 4.47. The standard InChI is InChI=1S/C10H10N2OS2/c1-7-5-15-10(11-7)12-9(13)4-8-2-3-14-6-8/h2-3,5-6H,4H2,1H3,(H,11,12,13). The van der Waals surface area contributed by atoms with Crippen LogP contribution < -0.4 is 5.32 Å². The number of hydrogen-bond donors (Lipinski definition) is 1. The number of aromatic nitrogens is 1. The minimum absolute atomic E-state index is 0.0113. The summed E-state index contributed by atoms with van der Waals surface area (Å²) in [7, 11) is 0. The van der Waals surface area contributed by atoms with Crippen LogP contribution in [0.15, 0.2) is 22.2 Å². The number of thiophene rings is 1. The van der Waals surface area contributed by atoms with Crippen LogP contribution in [-0.2, 0) is 11.2 Å². The third-order valence-electron chi connectivity index (χ3n) is 1.81. The van der Waals surface area contributed by atoms with E-state index >= 15 is 0 Å².